The van der Waals surface area contributed by atoms with Crippen molar-refractivity contribution in [1.82, 2.24) is 20.3 Å². The number of carbonyl (C=O) groups is 4. The van der Waals surface area contributed by atoms with Crippen LogP contribution in [0.15, 0.2) is 48.6 Å². The Hall–Kier alpha value is -4.43. The topological polar surface area (TPSA) is 169 Å². The molecule has 5 aliphatic rings. The van der Waals surface area contributed by atoms with Crippen molar-refractivity contribution in [2.45, 2.75) is 107 Å². The Morgan fingerprint density at radius 2 is 1.78 bits per heavy atom. The number of sulfonamides is 1. The Morgan fingerprint density at radius 3 is 2.53 bits per heavy atom. The quantitative estimate of drug-likeness (QED) is 0.360. The molecule has 5 atom stereocenters. The first-order valence-electron chi connectivity index (χ1n) is 19.3. The molecule has 2 aromatic rings. The summed E-state index contributed by atoms with van der Waals surface area (Å²) in [5, 5.41) is 6.96. The van der Waals surface area contributed by atoms with E-state index in [1.165, 1.54) is 4.90 Å². The molecule has 0 spiro atoms. The maximum atomic E-state index is 14.8. The monoisotopic (exact) mass is 776 g/mol. The molecule has 2 aromatic carbocycles. The van der Waals surface area contributed by atoms with Crippen LogP contribution in [0.1, 0.15) is 89.2 Å². The SMILES string of the molecule is COc1cc2ccc3cc2cc1C=CCC(C)(C)COC(=O)N[C@H]1CCCCCC=C[C@@H]2C[C@@]2(C(=O)NS(=O)(=O)C2CC2)NC(=O)[C@@H]2C[C@]3(OC)CN2C1=O. The summed E-state index contributed by atoms with van der Waals surface area (Å²) in [5.41, 5.74) is -1.48. The number of carbonyl (C=O) groups excluding carboxylic acids is 4. The van der Waals surface area contributed by atoms with Crippen molar-refractivity contribution in [3.63, 3.8) is 0 Å². The van der Waals surface area contributed by atoms with Crippen molar-refractivity contribution in [2.24, 2.45) is 11.3 Å². The number of hydrogen-bond acceptors (Lipinski definition) is 9. The summed E-state index contributed by atoms with van der Waals surface area (Å²) in [7, 11) is -0.731. The number of allylic oxidation sites excluding steroid dienone is 2. The lowest BCUT2D eigenvalue weighted by molar-refractivity contribution is -0.141. The molecule has 296 valence electrons. The zero-order chi connectivity index (χ0) is 39.2. The summed E-state index contributed by atoms with van der Waals surface area (Å²) in [6.07, 6.45) is 12.2. The average Bonchev–Trinajstić information content (AvgIpc) is 4.08. The predicted octanol–water partition coefficient (Wildman–Crippen LogP) is 4.83. The molecule has 7 rings (SSSR count). The van der Waals surface area contributed by atoms with Gasteiger partial charge in [-0.3, -0.25) is 19.1 Å². The van der Waals surface area contributed by atoms with Gasteiger partial charge in [0.15, 0.2) is 0 Å². The van der Waals surface area contributed by atoms with Gasteiger partial charge in [0.25, 0.3) is 5.91 Å². The molecule has 6 bridgehead atoms. The van der Waals surface area contributed by atoms with Gasteiger partial charge in [-0.15, -0.1) is 0 Å². The summed E-state index contributed by atoms with van der Waals surface area (Å²) in [4.78, 5) is 58.1. The van der Waals surface area contributed by atoms with Gasteiger partial charge in [0.05, 0.1) is 25.5 Å². The minimum Gasteiger partial charge on any atom is -0.496 e. The molecule has 0 aromatic heterocycles. The zero-order valence-electron chi connectivity index (χ0n) is 32.0. The number of nitrogens with one attached hydrogen (secondary N) is 3. The van der Waals surface area contributed by atoms with E-state index in [4.69, 9.17) is 14.2 Å². The fourth-order valence-electron chi connectivity index (χ4n) is 8.18. The van der Waals surface area contributed by atoms with Gasteiger partial charge < -0.3 is 29.7 Å². The van der Waals surface area contributed by atoms with Crippen LogP contribution in [0, 0.1) is 11.3 Å². The number of ether oxygens (including phenoxy) is 3. The van der Waals surface area contributed by atoms with E-state index in [1.807, 2.05) is 68.5 Å². The smallest absolute Gasteiger partial charge is 0.407 e. The number of methoxy groups -OCH3 is 2. The highest BCUT2D eigenvalue weighted by molar-refractivity contribution is 7.91. The molecule has 4 amide bonds. The number of alkyl carbamates (subject to hydrolysis) is 1. The third-order valence-corrected chi connectivity index (χ3v) is 13.7. The lowest BCUT2D eigenvalue weighted by atomic mass is 9.88. The molecular formula is C41H52N4O9S. The van der Waals surface area contributed by atoms with Crippen molar-refractivity contribution >= 4 is 50.7 Å². The second kappa shape index (κ2) is 14.9. The Kier molecular flexibility index (Phi) is 10.5. The zero-order valence-corrected chi connectivity index (χ0v) is 32.8. The minimum atomic E-state index is -3.90. The molecule has 3 fully saturated rings. The van der Waals surface area contributed by atoms with Gasteiger partial charge in [0.1, 0.15) is 29.0 Å². The van der Waals surface area contributed by atoms with Gasteiger partial charge in [-0.25, -0.2) is 13.2 Å². The van der Waals surface area contributed by atoms with Crippen LogP contribution in [0.4, 0.5) is 4.79 Å². The molecule has 13 nitrogen and oxygen atoms in total. The van der Waals surface area contributed by atoms with Crippen molar-refractivity contribution < 1.29 is 41.8 Å². The molecule has 55 heavy (non-hydrogen) atoms. The van der Waals surface area contributed by atoms with Crippen LogP contribution in [0.3, 0.4) is 0 Å². The van der Waals surface area contributed by atoms with Gasteiger partial charge in [-0.2, -0.15) is 0 Å². The summed E-state index contributed by atoms with van der Waals surface area (Å²) in [6.45, 7) is 4.06. The Bertz CT molecular complexity index is 2040. The molecule has 3 heterocycles. The number of rotatable bonds is 5. The van der Waals surface area contributed by atoms with E-state index in [0.29, 0.717) is 44.3 Å². The lowest BCUT2D eigenvalue weighted by Crippen LogP contribution is -2.58. The van der Waals surface area contributed by atoms with Crippen LogP contribution in [-0.2, 0) is 39.5 Å². The standard InChI is InChI=1S/C41H52N4O9S/c1-39(2)18-10-11-27-19-28-20-29(15-14-26(28)21-34(27)52-3)40(53-4)23-33-35(46)43-41(37(48)44-55(50,51)31-16-17-31)22-30(41)12-8-6-5-7-9-13-32(36(47)45(33)24-40)42-38(49)54-25-39/h8,10-12,14-15,19-21,30-33H,5-7,9,13,16-18,22-25H2,1-4H3,(H,42,49)(H,43,46)(H,44,48)/t30-,32+,33+,40+,41-/m1/s1. The number of fused-ring (bicyclic) bond motifs is 6. The molecule has 0 radical (unpaired) electrons. The van der Waals surface area contributed by atoms with E-state index < -0.39 is 73.6 Å². The highest BCUT2D eigenvalue weighted by Gasteiger charge is 2.63. The summed E-state index contributed by atoms with van der Waals surface area (Å²) in [6, 6.07) is 7.75. The Labute approximate surface area is 322 Å². The van der Waals surface area contributed by atoms with E-state index in [1.54, 1.807) is 14.2 Å². The van der Waals surface area contributed by atoms with Gasteiger partial charge in [-0.1, -0.05) is 63.1 Å². The molecule has 0 unspecified atom stereocenters. The molecule has 2 aliphatic carbocycles. The normalized spacial score (nSPS) is 30.0. The van der Waals surface area contributed by atoms with Crippen LogP contribution in [0.2, 0.25) is 0 Å². The fourth-order valence-corrected chi connectivity index (χ4v) is 9.54. The number of cyclic esters (lactones) is 1. The van der Waals surface area contributed by atoms with Gasteiger partial charge in [-0.05, 0) is 79.5 Å². The van der Waals surface area contributed by atoms with Crippen molar-refractivity contribution in [2.75, 3.05) is 27.4 Å². The van der Waals surface area contributed by atoms with Gasteiger partial charge in [0.2, 0.25) is 21.8 Å². The largest absolute Gasteiger partial charge is 0.496 e. The molecule has 2 saturated carbocycles. The van der Waals surface area contributed by atoms with Crippen molar-refractivity contribution in [3.05, 3.63) is 59.7 Å². The summed E-state index contributed by atoms with van der Waals surface area (Å²) < 4.78 is 45.8. The number of amides is 4. The van der Waals surface area contributed by atoms with Gasteiger partial charge >= 0.3 is 6.09 Å². The van der Waals surface area contributed by atoms with Crippen molar-refractivity contribution in [3.8, 4) is 5.75 Å². The second-order valence-corrected chi connectivity index (χ2v) is 18.6. The van der Waals surface area contributed by atoms with Crippen LogP contribution >= 0.6 is 0 Å². The Balaban J connectivity index is 1.31. The first-order chi connectivity index (χ1) is 26.2. The fraction of sp³-hybridized carbons (Fsp3) is 0.561. The third kappa shape index (κ3) is 7.98. The minimum absolute atomic E-state index is 0.0202. The van der Waals surface area contributed by atoms with E-state index in [0.717, 1.165) is 34.7 Å². The van der Waals surface area contributed by atoms with Crippen LogP contribution in [-0.4, -0.2) is 87.4 Å². The second-order valence-electron chi connectivity index (χ2n) is 16.6. The maximum Gasteiger partial charge on any atom is 0.407 e. The average molecular weight is 777 g/mol. The maximum absolute atomic E-state index is 14.8. The van der Waals surface area contributed by atoms with Crippen LogP contribution < -0.4 is 20.1 Å². The van der Waals surface area contributed by atoms with Crippen LogP contribution in [0.5, 0.6) is 5.75 Å². The number of hydrogen-bond donors (Lipinski definition) is 3. The Morgan fingerprint density at radius 1 is 0.982 bits per heavy atom. The molecule has 1 saturated heterocycles. The first-order valence-corrected chi connectivity index (χ1v) is 20.9. The highest BCUT2D eigenvalue weighted by Crippen LogP contribution is 2.47. The molecule has 3 aliphatic heterocycles. The van der Waals surface area contributed by atoms with E-state index in [-0.39, 0.29) is 26.0 Å². The first kappa shape index (κ1) is 38.8. The van der Waals surface area contributed by atoms with Crippen molar-refractivity contribution in [1.29, 1.82) is 0 Å². The van der Waals surface area contributed by atoms with Crippen LogP contribution in [0.25, 0.3) is 16.8 Å². The van der Waals surface area contributed by atoms with E-state index in [9.17, 15) is 27.6 Å². The third-order valence-electron chi connectivity index (χ3n) is 11.9. The van der Waals surface area contributed by atoms with E-state index in [2.05, 4.69) is 15.4 Å². The lowest BCUT2D eigenvalue weighted by Gasteiger charge is -2.31. The molecule has 3 N–H and O–H groups in total. The highest BCUT2D eigenvalue weighted by atomic mass is 32.2. The number of benzene rings is 2. The number of nitrogens with zero attached hydrogens (tertiary/aromatic N) is 1. The molecular weight excluding hydrogens is 725 g/mol. The van der Waals surface area contributed by atoms with Gasteiger partial charge in [0, 0.05) is 30.4 Å². The predicted molar refractivity (Wildman–Crippen MR) is 206 cm³/mol. The summed E-state index contributed by atoms with van der Waals surface area (Å²) >= 11 is 0. The summed E-state index contributed by atoms with van der Waals surface area (Å²) in [5.74, 6) is -1.59. The molecule has 14 heteroatoms. The van der Waals surface area contributed by atoms with E-state index >= 15 is 0 Å².